The molecule has 0 radical (unpaired) electrons. The lowest BCUT2D eigenvalue weighted by molar-refractivity contribution is -0.118. The van der Waals surface area contributed by atoms with Gasteiger partial charge in [0.15, 0.2) is 0 Å². The molecule has 4 N–H and O–H groups in total. The molecule has 1 atom stereocenters. The second-order valence-electron chi connectivity index (χ2n) is 4.21. The molecule has 0 aliphatic carbocycles. The molecule has 1 aromatic heterocycles. The predicted octanol–water partition coefficient (Wildman–Crippen LogP) is 0.474. The molecule has 9 heteroatoms. The highest BCUT2D eigenvalue weighted by atomic mass is 35.5. The summed E-state index contributed by atoms with van der Waals surface area (Å²) < 4.78 is 26.7. The van der Waals surface area contributed by atoms with Gasteiger partial charge in [0, 0.05) is 30.9 Å². The Bertz CT molecular complexity index is 531. The number of halogens is 1. The van der Waals surface area contributed by atoms with Crippen LogP contribution in [0.15, 0.2) is 16.3 Å². The van der Waals surface area contributed by atoms with Crippen LogP contribution in [-0.2, 0) is 21.2 Å². The maximum absolute atomic E-state index is 12.0. The Labute approximate surface area is 129 Å². The van der Waals surface area contributed by atoms with Gasteiger partial charge in [-0.15, -0.1) is 23.7 Å². The Balaban J connectivity index is 0.00000361. The maximum Gasteiger partial charge on any atom is 0.250 e. The monoisotopic (exact) mass is 341 g/mol. The van der Waals surface area contributed by atoms with Gasteiger partial charge in [-0.2, -0.15) is 0 Å². The van der Waals surface area contributed by atoms with Crippen LogP contribution in [0.3, 0.4) is 0 Å². The highest BCUT2D eigenvalue weighted by molar-refractivity contribution is 7.91. The van der Waals surface area contributed by atoms with Crippen molar-refractivity contribution in [2.75, 3.05) is 13.1 Å². The molecule has 116 valence electrons. The summed E-state index contributed by atoms with van der Waals surface area (Å²) in [5, 5.41) is 2.67. The number of nitrogens with one attached hydrogen (secondary N) is 2. The van der Waals surface area contributed by atoms with Crippen molar-refractivity contribution in [3.05, 3.63) is 17.0 Å². The lowest BCUT2D eigenvalue weighted by Crippen LogP contribution is -2.37. The fourth-order valence-electron chi connectivity index (χ4n) is 1.37. The summed E-state index contributed by atoms with van der Waals surface area (Å²) in [5.74, 6) is -0.0946. The molecule has 0 aliphatic rings. The first-order chi connectivity index (χ1) is 8.85. The second-order valence-corrected chi connectivity index (χ2v) is 7.32. The van der Waals surface area contributed by atoms with Crippen LogP contribution in [-0.4, -0.2) is 33.5 Å². The largest absolute Gasteiger partial charge is 0.356 e. The van der Waals surface area contributed by atoms with E-state index in [9.17, 15) is 13.2 Å². The average molecular weight is 342 g/mol. The summed E-state index contributed by atoms with van der Waals surface area (Å²) in [7, 11) is -3.49. The lowest BCUT2D eigenvalue weighted by atomic mass is 10.3. The van der Waals surface area contributed by atoms with E-state index in [2.05, 4.69) is 10.0 Å². The minimum atomic E-state index is -3.49. The van der Waals surface area contributed by atoms with Gasteiger partial charge in [0.25, 0.3) is 0 Å². The summed E-state index contributed by atoms with van der Waals surface area (Å²) in [6, 6.07) is 3.03. The van der Waals surface area contributed by atoms with Gasteiger partial charge in [-0.1, -0.05) is 0 Å². The molecule has 0 fully saturated rings. The number of sulfonamides is 1. The first-order valence-corrected chi connectivity index (χ1v) is 8.20. The van der Waals surface area contributed by atoms with E-state index in [0.717, 1.165) is 4.88 Å². The van der Waals surface area contributed by atoms with Crippen molar-refractivity contribution >= 4 is 39.7 Å². The van der Waals surface area contributed by atoms with E-state index in [1.807, 2.05) is 0 Å². The summed E-state index contributed by atoms with van der Waals surface area (Å²) in [6.45, 7) is 3.91. The van der Waals surface area contributed by atoms with Crippen molar-refractivity contribution in [2.45, 2.75) is 30.5 Å². The van der Waals surface area contributed by atoms with Crippen LogP contribution in [0, 0.1) is 0 Å². The number of nitrogens with two attached hydrogens (primary N) is 1. The minimum Gasteiger partial charge on any atom is -0.356 e. The third-order valence-corrected chi connectivity index (χ3v) is 5.58. The van der Waals surface area contributed by atoms with Crippen molar-refractivity contribution in [3.8, 4) is 0 Å². The summed E-state index contributed by atoms with van der Waals surface area (Å²) in [6.07, 6.45) is 0.617. The standard InChI is InChI=1S/C11H19N3O3S2.ClH/c1-8(7-12)14-19(16,17)11-4-3-10(18-11)5-6-13-9(2)15;/h3-4,8,14H,5-7,12H2,1-2H3,(H,13,15);1H/t8-;/m0./s1. The summed E-state index contributed by atoms with van der Waals surface area (Å²) >= 11 is 1.20. The highest BCUT2D eigenvalue weighted by Crippen LogP contribution is 2.21. The molecule has 0 unspecified atom stereocenters. The van der Waals surface area contributed by atoms with Crippen LogP contribution in [0.2, 0.25) is 0 Å². The maximum atomic E-state index is 12.0. The van der Waals surface area contributed by atoms with Gasteiger partial charge in [0.05, 0.1) is 0 Å². The third kappa shape index (κ3) is 6.19. The highest BCUT2D eigenvalue weighted by Gasteiger charge is 2.18. The fraction of sp³-hybridized carbons (Fsp3) is 0.545. The van der Waals surface area contributed by atoms with Crippen molar-refractivity contribution in [3.63, 3.8) is 0 Å². The van der Waals surface area contributed by atoms with Crippen molar-refractivity contribution < 1.29 is 13.2 Å². The van der Waals surface area contributed by atoms with E-state index < -0.39 is 10.0 Å². The van der Waals surface area contributed by atoms with Crippen LogP contribution < -0.4 is 15.8 Å². The first-order valence-electron chi connectivity index (χ1n) is 5.90. The molecule has 0 saturated carbocycles. The Morgan fingerprint density at radius 1 is 1.45 bits per heavy atom. The molecule has 0 saturated heterocycles. The molecular weight excluding hydrogens is 322 g/mol. The molecule has 0 aliphatic heterocycles. The lowest BCUT2D eigenvalue weighted by Gasteiger charge is -2.10. The zero-order valence-corrected chi connectivity index (χ0v) is 13.8. The topological polar surface area (TPSA) is 101 Å². The Morgan fingerprint density at radius 3 is 2.65 bits per heavy atom. The number of hydrogen-bond acceptors (Lipinski definition) is 5. The average Bonchev–Trinajstić information content (AvgIpc) is 2.77. The van der Waals surface area contributed by atoms with E-state index in [4.69, 9.17) is 5.73 Å². The number of rotatable bonds is 7. The van der Waals surface area contributed by atoms with Crippen molar-refractivity contribution in [1.29, 1.82) is 0 Å². The van der Waals surface area contributed by atoms with Crippen molar-refractivity contribution in [1.82, 2.24) is 10.0 Å². The second kappa shape index (κ2) is 8.58. The molecule has 1 aromatic rings. The molecule has 6 nitrogen and oxygen atoms in total. The van der Waals surface area contributed by atoms with Crippen LogP contribution >= 0.6 is 23.7 Å². The molecule has 1 amide bonds. The van der Waals surface area contributed by atoms with Gasteiger partial charge in [-0.3, -0.25) is 4.79 Å². The normalized spacial score (nSPS) is 12.6. The Hall–Kier alpha value is -0.670. The third-order valence-electron chi connectivity index (χ3n) is 2.36. The minimum absolute atomic E-state index is 0. The van der Waals surface area contributed by atoms with Gasteiger partial charge in [0.2, 0.25) is 15.9 Å². The van der Waals surface area contributed by atoms with Crippen LogP contribution in [0.5, 0.6) is 0 Å². The van der Waals surface area contributed by atoms with E-state index in [1.54, 1.807) is 19.1 Å². The van der Waals surface area contributed by atoms with Gasteiger partial charge >= 0.3 is 0 Å². The van der Waals surface area contributed by atoms with Gasteiger partial charge in [0.1, 0.15) is 4.21 Å². The first kappa shape index (κ1) is 19.3. The summed E-state index contributed by atoms with van der Waals surface area (Å²) in [5.41, 5.74) is 5.39. The Kier molecular flexibility index (Phi) is 8.29. The van der Waals surface area contributed by atoms with E-state index in [1.165, 1.54) is 18.3 Å². The van der Waals surface area contributed by atoms with Crippen molar-refractivity contribution in [2.24, 2.45) is 5.73 Å². The number of carbonyl (C=O) groups is 1. The number of amides is 1. The molecule has 0 spiro atoms. The fourth-order valence-corrected chi connectivity index (χ4v) is 4.00. The molecule has 1 heterocycles. The molecular formula is C11H20ClN3O3S2. The molecule has 1 rings (SSSR count). The number of carbonyl (C=O) groups excluding carboxylic acids is 1. The SMILES string of the molecule is CC(=O)NCCc1ccc(S(=O)(=O)N[C@@H](C)CN)s1.Cl. The molecule has 0 bridgehead atoms. The Morgan fingerprint density at radius 2 is 2.10 bits per heavy atom. The van der Waals surface area contributed by atoms with Crippen LogP contribution in [0.4, 0.5) is 0 Å². The zero-order chi connectivity index (χ0) is 14.5. The molecule has 0 aromatic carbocycles. The molecule has 20 heavy (non-hydrogen) atoms. The van der Waals surface area contributed by atoms with E-state index >= 15 is 0 Å². The number of thiophene rings is 1. The number of hydrogen-bond donors (Lipinski definition) is 3. The summed E-state index contributed by atoms with van der Waals surface area (Å²) in [4.78, 5) is 11.6. The smallest absolute Gasteiger partial charge is 0.250 e. The van der Waals surface area contributed by atoms with Crippen LogP contribution in [0.25, 0.3) is 0 Å². The van der Waals surface area contributed by atoms with Gasteiger partial charge in [-0.25, -0.2) is 13.1 Å². The van der Waals surface area contributed by atoms with Gasteiger partial charge < -0.3 is 11.1 Å². The van der Waals surface area contributed by atoms with E-state index in [0.29, 0.717) is 13.0 Å². The zero-order valence-electron chi connectivity index (χ0n) is 11.4. The van der Waals surface area contributed by atoms with Gasteiger partial charge in [-0.05, 0) is 25.5 Å². The van der Waals surface area contributed by atoms with E-state index in [-0.39, 0.29) is 35.1 Å². The quantitative estimate of drug-likeness (QED) is 0.671. The predicted molar refractivity (Wildman–Crippen MR) is 82.8 cm³/mol. The van der Waals surface area contributed by atoms with Crippen LogP contribution in [0.1, 0.15) is 18.7 Å².